The Balaban J connectivity index is 1.30. The maximum absolute atomic E-state index is 5.53. The van der Waals surface area contributed by atoms with Gasteiger partial charge in [-0.3, -0.25) is 9.88 Å². The van der Waals surface area contributed by atoms with E-state index in [1.54, 1.807) is 7.11 Å². The predicted molar refractivity (Wildman–Crippen MR) is 106 cm³/mol. The van der Waals surface area contributed by atoms with Crippen molar-refractivity contribution in [2.75, 3.05) is 38.2 Å². The lowest BCUT2D eigenvalue weighted by Gasteiger charge is -2.42. The summed E-state index contributed by atoms with van der Waals surface area (Å²) in [6, 6.07) is 15.4. The minimum absolute atomic E-state index is 0.655. The molecule has 2 heterocycles. The van der Waals surface area contributed by atoms with Crippen LogP contribution >= 0.6 is 0 Å². The summed E-state index contributed by atoms with van der Waals surface area (Å²) in [5.41, 5.74) is 2.51. The third kappa shape index (κ3) is 3.70. The molecular weight excluding hydrogens is 322 g/mol. The van der Waals surface area contributed by atoms with E-state index in [9.17, 15) is 0 Å². The number of anilines is 1. The van der Waals surface area contributed by atoms with E-state index >= 15 is 0 Å². The fourth-order valence-corrected chi connectivity index (χ4v) is 4.57. The van der Waals surface area contributed by atoms with E-state index in [4.69, 9.17) is 4.74 Å². The Morgan fingerprint density at radius 2 is 1.62 bits per heavy atom. The first-order valence-corrected chi connectivity index (χ1v) is 9.88. The van der Waals surface area contributed by atoms with Crippen LogP contribution < -0.4 is 9.64 Å². The number of pyridine rings is 1. The number of aromatic nitrogens is 1. The van der Waals surface area contributed by atoms with Gasteiger partial charge >= 0.3 is 0 Å². The van der Waals surface area contributed by atoms with E-state index in [-0.39, 0.29) is 0 Å². The van der Waals surface area contributed by atoms with Crippen molar-refractivity contribution in [3.05, 3.63) is 54.4 Å². The molecule has 0 unspecified atom stereocenters. The molecule has 1 aliphatic heterocycles. The maximum Gasteiger partial charge on any atom is 0.142 e. The Bertz CT molecular complexity index is 690. The highest BCUT2D eigenvalue weighted by molar-refractivity contribution is 5.58. The molecule has 0 bridgehead atoms. The molecule has 26 heavy (non-hydrogen) atoms. The summed E-state index contributed by atoms with van der Waals surface area (Å²) >= 11 is 0. The lowest BCUT2D eigenvalue weighted by molar-refractivity contribution is 0.140. The van der Waals surface area contributed by atoms with E-state index in [0.29, 0.717) is 5.92 Å². The molecule has 0 spiro atoms. The highest BCUT2D eigenvalue weighted by Crippen LogP contribution is 2.35. The molecule has 4 rings (SSSR count). The highest BCUT2D eigenvalue weighted by atomic mass is 16.5. The SMILES string of the molecule is COc1ccccc1N1CCN(C2CCC(c3ccccn3)CC2)CC1. The Kier molecular flexibility index (Phi) is 5.40. The fraction of sp³-hybridized carbons (Fsp3) is 0.500. The number of ether oxygens (including phenoxy) is 1. The van der Waals surface area contributed by atoms with Crippen molar-refractivity contribution >= 4 is 5.69 Å². The van der Waals surface area contributed by atoms with E-state index < -0.39 is 0 Å². The Labute approximate surface area is 156 Å². The molecule has 0 amide bonds. The van der Waals surface area contributed by atoms with Crippen LogP contribution in [0.4, 0.5) is 5.69 Å². The number of piperazine rings is 1. The van der Waals surface area contributed by atoms with Crippen molar-refractivity contribution in [3.8, 4) is 5.75 Å². The maximum atomic E-state index is 5.53. The molecule has 4 heteroatoms. The molecule has 1 saturated carbocycles. The first-order chi connectivity index (χ1) is 12.8. The molecule has 4 nitrogen and oxygen atoms in total. The quantitative estimate of drug-likeness (QED) is 0.834. The summed E-state index contributed by atoms with van der Waals surface area (Å²) in [6.45, 7) is 4.47. The van der Waals surface area contributed by atoms with Gasteiger partial charge in [0.15, 0.2) is 0 Å². The van der Waals surface area contributed by atoms with Gasteiger partial charge in [-0.1, -0.05) is 18.2 Å². The number of nitrogens with zero attached hydrogens (tertiary/aromatic N) is 3. The zero-order valence-electron chi connectivity index (χ0n) is 15.7. The van der Waals surface area contributed by atoms with Gasteiger partial charge in [0.2, 0.25) is 0 Å². The summed E-state index contributed by atoms with van der Waals surface area (Å²) in [5, 5.41) is 0. The first-order valence-electron chi connectivity index (χ1n) is 9.88. The van der Waals surface area contributed by atoms with E-state index in [0.717, 1.165) is 38.0 Å². The number of hydrogen-bond acceptors (Lipinski definition) is 4. The van der Waals surface area contributed by atoms with Crippen LogP contribution in [0.2, 0.25) is 0 Å². The highest BCUT2D eigenvalue weighted by Gasteiger charge is 2.29. The van der Waals surface area contributed by atoms with Crippen molar-refractivity contribution in [2.24, 2.45) is 0 Å². The fourth-order valence-electron chi connectivity index (χ4n) is 4.57. The zero-order chi connectivity index (χ0) is 17.8. The van der Waals surface area contributed by atoms with Crippen LogP contribution in [-0.4, -0.2) is 49.2 Å². The molecule has 2 aliphatic rings. The van der Waals surface area contributed by atoms with Crippen LogP contribution in [0.25, 0.3) is 0 Å². The van der Waals surface area contributed by atoms with E-state index in [1.807, 2.05) is 18.3 Å². The molecule has 2 aromatic rings. The largest absolute Gasteiger partial charge is 0.495 e. The molecule has 1 aromatic carbocycles. The van der Waals surface area contributed by atoms with Crippen molar-refractivity contribution in [2.45, 2.75) is 37.6 Å². The zero-order valence-corrected chi connectivity index (χ0v) is 15.7. The number of para-hydroxylation sites is 2. The molecule has 2 fully saturated rings. The Morgan fingerprint density at radius 3 is 2.31 bits per heavy atom. The minimum Gasteiger partial charge on any atom is -0.495 e. The lowest BCUT2D eigenvalue weighted by atomic mass is 9.83. The number of rotatable bonds is 4. The van der Waals surface area contributed by atoms with Gasteiger partial charge in [0.1, 0.15) is 5.75 Å². The Morgan fingerprint density at radius 1 is 0.885 bits per heavy atom. The third-order valence-corrected chi connectivity index (χ3v) is 6.06. The van der Waals surface area contributed by atoms with Gasteiger partial charge in [-0.2, -0.15) is 0 Å². The van der Waals surface area contributed by atoms with Gasteiger partial charge in [0.25, 0.3) is 0 Å². The molecule has 0 radical (unpaired) electrons. The van der Waals surface area contributed by atoms with E-state index in [2.05, 4.69) is 45.1 Å². The summed E-state index contributed by atoms with van der Waals surface area (Å²) in [7, 11) is 1.76. The van der Waals surface area contributed by atoms with Crippen LogP contribution in [0, 0.1) is 0 Å². The molecule has 138 valence electrons. The third-order valence-electron chi connectivity index (χ3n) is 6.06. The van der Waals surface area contributed by atoms with Gasteiger partial charge in [-0.25, -0.2) is 0 Å². The van der Waals surface area contributed by atoms with Gasteiger partial charge in [0, 0.05) is 50.0 Å². The molecule has 0 atom stereocenters. The van der Waals surface area contributed by atoms with Crippen LogP contribution in [-0.2, 0) is 0 Å². The van der Waals surface area contributed by atoms with Crippen molar-refractivity contribution in [3.63, 3.8) is 0 Å². The first kappa shape index (κ1) is 17.3. The topological polar surface area (TPSA) is 28.6 Å². The summed E-state index contributed by atoms with van der Waals surface area (Å²) in [6.07, 6.45) is 7.08. The number of benzene rings is 1. The summed E-state index contributed by atoms with van der Waals surface area (Å²) < 4.78 is 5.53. The average molecular weight is 351 g/mol. The van der Waals surface area contributed by atoms with E-state index in [1.165, 1.54) is 37.1 Å². The van der Waals surface area contributed by atoms with Crippen LogP contribution in [0.1, 0.15) is 37.3 Å². The van der Waals surface area contributed by atoms with Crippen LogP contribution in [0.5, 0.6) is 5.75 Å². The number of methoxy groups -OCH3 is 1. The molecule has 1 aromatic heterocycles. The van der Waals surface area contributed by atoms with Gasteiger partial charge in [0.05, 0.1) is 12.8 Å². The molecule has 0 N–H and O–H groups in total. The van der Waals surface area contributed by atoms with Gasteiger partial charge in [-0.05, 0) is 49.9 Å². The van der Waals surface area contributed by atoms with Crippen LogP contribution in [0.3, 0.4) is 0 Å². The van der Waals surface area contributed by atoms with Crippen LogP contribution in [0.15, 0.2) is 48.7 Å². The standard InChI is InChI=1S/C22H29N3O/c1-26-22-8-3-2-7-21(22)25-16-14-24(15-17-25)19-11-9-18(10-12-19)20-6-4-5-13-23-20/h2-8,13,18-19H,9-12,14-17H2,1H3. The number of hydrogen-bond donors (Lipinski definition) is 0. The Hall–Kier alpha value is -2.07. The lowest BCUT2D eigenvalue weighted by Crippen LogP contribution is -2.51. The molecular formula is C22H29N3O. The smallest absolute Gasteiger partial charge is 0.142 e. The molecule has 1 aliphatic carbocycles. The summed E-state index contributed by atoms with van der Waals surface area (Å²) in [5.74, 6) is 1.64. The van der Waals surface area contributed by atoms with Crippen molar-refractivity contribution in [1.29, 1.82) is 0 Å². The second kappa shape index (κ2) is 8.09. The summed E-state index contributed by atoms with van der Waals surface area (Å²) in [4.78, 5) is 9.74. The van der Waals surface area contributed by atoms with Crippen molar-refractivity contribution in [1.82, 2.24) is 9.88 Å². The average Bonchev–Trinajstić information content (AvgIpc) is 2.74. The monoisotopic (exact) mass is 351 g/mol. The molecule has 1 saturated heterocycles. The second-order valence-corrected chi connectivity index (χ2v) is 7.45. The van der Waals surface area contributed by atoms with Crippen molar-refractivity contribution < 1.29 is 4.74 Å². The second-order valence-electron chi connectivity index (χ2n) is 7.45. The predicted octanol–water partition coefficient (Wildman–Crippen LogP) is 3.94. The van der Waals surface area contributed by atoms with Gasteiger partial charge < -0.3 is 9.64 Å². The minimum atomic E-state index is 0.655. The van der Waals surface area contributed by atoms with Gasteiger partial charge in [-0.15, -0.1) is 0 Å². The normalized spacial score (nSPS) is 24.4.